The molecule has 0 fully saturated rings. The summed E-state index contributed by atoms with van der Waals surface area (Å²) in [6.45, 7) is 9.94. The number of hydrogen-bond donors (Lipinski definition) is 1. The van der Waals surface area contributed by atoms with Gasteiger partial charge in [-0.25, -0.2) is 0 Å². The molecule has 2 rings (SSSR count). The SMILES string of the molecule is CC(NCc1ccc2cnccc2c1)C(C)(C)C. The fraction of sp³-hybridized carbons (Fsp3) is 0.438. The summed E-state index contributed by atoms with van der Waals surface area (Å²) < 4.78 is 0. The molecule has 1 heterocycles. The molecular weight excluding hydrogens is 220 g/mol. The fourth-order valence-electron chi connectivity index (χ4n) is 1.82. The van der Waals surface area contributed by atoms with Crippen LogP contribution in [0.5, 0.6) is 0 Å². The maximum Gasteiger partial charge on any atom is 0.0346 e. The number of nitrogens with zero attached hydrogens (tertiary/aromatic N) is 1. The zero-order valence-corrected chi connectivity index (χ0v) is 11.7. The average Bonchev–Trinajstić information content (AvgIpc) is 2.34. The smallest absolute Gasteiger partial charge is 0.0346 e. The van der Waals surface area contributed by atoms with E-state index in [2.05, 4.69) is 62.3 Å². The lowest BCUT2D eigenvalue weighted by Gasteiger charge is -2.28. The van der Waals surface area contributed by atoms with E-state index in [4.69, 9.17) is 0 Å². The molecule has 0 spiro atoms. The molecule has 1 aromatic carbocycles. The molecule has 0 amide bonds. The molecule has 0 saturated heterocycles. The minimum atomic E-state index is 0.292. The number of rotatable bonds is 3. The van der Waals surface area contributed by atoms with Gasteiger partial charge in [-0.05, 0) is 35.4 Å². The topological polar surface area (TPSA) is 24.9 Å². The zero-order valence-electron chi connectivity index (χ0n) is 11.7. The van der Waals surface area contributed by atoms with Crippen molar-refractivity contribution >= 4 is 10.8 Å². The molecule has 0 bridgehead atoms. The third kappa shape index (κ3) is 3.08. The summed E-state index contributed by atoms with van der Waals surface area (Å²) in [5, 5.41) is 6.04. The molecule has 2 nitrogen and oxygen atoms in total. The summed E-state index contributed by atoms with van der Waals surface area (Å²) in [5.41, 5.74) is 1.62. The second kappa shape index (κ2) is 5.07. The lowest BCUT2D eigenvalue weighted by atomic mass is 9.88. The van der Waals surface area contributed by atoms with Crippen LogP contribution in [-0.4, -0.2) is 11.0 Å². The van der Waals surface area contributed by atoms with Crippen LogP contribution in [0.1, 0.15) is 33.3 Å². The van der Waals surface area contributed by atoms with Gasteiger partial charge in [0.2, 0.25) is 0 Å². The van der Waals surface area contributed by atoms with E-state index in [9.17, 15) is 0 Å². The van der Waals surface area contributed by atoms with Crippen molar-refractivity contribution in [3.8, 4) is 0 Å². The first-order chi connectivity index (χ1) is 8.47. The van der Waals surface area contributed by atoms with Gasteiger partial charge in [0.15, 0.2) is 0 Å². The van der Waals surface area contributed by atoms with Crippen LogP contribution in [0.2, 0.25) is 0 Å². The lowest BCUT2D eigenvalue weighted by Crippen LogP contribution is -2.37. The number of fused-ring (bicyclic) bond motifs is 1. The standard InChI is InChI=1S/C16H22N2/c1-12(16(2,3)4)18-10-13-5-6-15-11-17-8-7-14(15)9-13/h5-9,11-12,18H,10H2,1-4H3. The van der Waals surface area contributed by atoms with Crippen LogP contribution in [-0.2, 0) is 6.54 Å². The predicted molar refractivity (Wildman–Crippen MR) is 77.5 cm³/mol. The van der Waals surface area contributed by atoms with Gasteiger partial charge in [-0.15, -0.1) is 0 Å². The van der Waals surface area contributed by atoms with Crippen LogP contribution < -0.4 is 5.32 Å². The third-order valence-corrected chi connectivity index (χ3v) is 3.62. The Balaban J connectivity index is 2.08. The van der Waals surface area contributed by atoms with E-state index in [1.807, 2.05) is 12.4 Å². The first kappa shape index (κ1) is 13.0. The number of aromatic nitrogens is 1. The molecule has 1 N–H and O–H groups in total. The maximum absolute atomic E-state index is 4.13. The van der Waals surface area contributed by atoms with E-state index in [0.717, 1.165) is 6.54 Å². The minimum Gasteiger partial charge on any atom is -0.310 e. The van der Waals surface area contributed by atoms with Crippen molar-refractivity contribution in [1.82, 2.24) is 10.3 Å². The number of benzene rings is 1. The van der Waals surface area contributed by atoms with Crippen LogP contribution >= 0.6 is 0 Å². The van der Waals surface area contributed by atoms with Crippen LogP contribution in [0.3, 0.4) is 0 Å². The molecule has 96 valence electrons. The second-order valence-corrected chi connectivity index (χ2v) is 6.03. The highest BCUT2D eigenvalue weighted by atomic mass is 14.9. The summed E-state index contributed by atoms with van der Waals surface area (Å²) in [7, 11) is 0. The van der Waals surface area contributed by atoms with E-state index < -0.39 is 0 Å². The second-order valence-electron chi connectivity index (χ2n) is 6.03. The van der Waals surface area contributed by atoms with E-state index in [0.29, 0.717) is 11.5 Å². The summed E-state index contributed by atoms with van der Waals surface area (Å²) >= 11 is 0. The van der Waals surface area contributed by atoms with Gasteiger partial charge in [0.25, 0.3) is 0 Å². The predicted octanol–water partition coefficient (Wildman–Crippen LogP) is 3.76. The number of pyridine rings is 1. The largest absolute Gasteiger partial charge is 0.310 e. The van der Waals surface area contributed by atoms with Crippen LogP contribution in [0, 0.1) is 5.41 Å². The summed E-state index contributed by atoms with van der Waals surface area (Å²) in [5.74, 6) is 0. The first-order valence-corrected chi connectivity index (χ1v) is 6.53. The fourth-order valence-corrected chi connectivity index (χ4v) is 1.82. The molecule has 0 aliphatic carbocycles. The molecule has 0 aliphatic rings. The Morgan fingerprint density at radius 3 is 2.67 bits per heavy atom. The van der Waals surface area contributed by atoms with Gasteiger partial charge >= 0.3 is 0 Å². The molecule has 2 heteroatoms. The lowest BCUT2D eigenvalue weighted by molar-refractivity contribution is 0.285. The number of nitrogens with one attached hydrogen (secondary N) is 1. The van der Waals surface area contributed by atoms with Crippen molar-refractivity contribution in [1.29, 1.82) is 0 Å². The van der Waals surface area contributed by atoms with Crippen molar-refractivity contribution in [3.05, 3.63) is 42.2 Å². The normalized spacial score (nSPS) is 13.8. The number of hydrogen-bond acceptors (Lipinski definition) is 2. The van der Waals surface area contributed by atoms with E-state index >= 15 is 0 Å². The van der Waals surface area contributed by atoms with Gasteiger partial charge in [0.1, 0.15) is 0 Å². The van der Waals surface area contributed by atoms with Crippen LogP contribution in [0.15, 0.2) is 36.7 Å². The van der Waals surface area contributed by atoms with E-state index in [1.165, 1.54) is 16.3 Å². The Labute approximate surface area is 109 Å². The van der Waals surface area contributed by atoms with Gasteiger partial charge in [-0.2, -0.15) is 0 Å². The van der Waals surface area contributed by atoms with Crippen molar-refractivity contribution in [2.75, 3.05) is 0 Å². The van der Waals surface area contributed by atoms with Crippen molar-refractivity contribution < 1.29 is 0 Å². The average molecular weight is 242 g/mol. The molecule has 0 aliphatic heterocycles. The third-order valence-electron chi connectivity index (χ3n) is 3.62. The van der Waals surface area contributed by atoms with Gasteiger partial charge in [-0.1, -0.05) is 32.9 Å². The Morgan fingerprint density at radius 1 is 1.17 bits per heavy atom. The Bertz CT molecular complexity index is 526. The van der Waals surface area contributed by atoms with E-state index in [-0.39, 0.29) is 0 Å². The summed E-state index contributed by atoms with van der Waals surface area (Å²) in [4.78, 5) is 4.13. The van der Waals surface area contributed by atoms with Crippen molar-refractivity contribution in [3.63, 3.8) is 0 Å². The highest BCUT2D eigenvalue weighted by molar-refractivity contribution is 5.81. The van der Waals surface area contributed by atoms with Crippen molar-refractivity contribution in [2.45, 2.75) is 40.3 Å². The van der Waals surface area contributed by atoms with Gasteiger partial charge in [0, 0.05) is 30.4 Å². The monoisotopic (exact) mass is 242 g/mol. The highest BCUT2D eigenvalue weighted by Gasteiger charge is 2.18. The molecular formula is C16H22N2. The minimum absolute atomic E-state index is 0.292. The van der Waals surface area contributed by atoms with Gasteiger partial charge < -0.3 is 5.32 Å². The molecule has 2 aromatic rings. The van der Waals surface area contributed by atoms with Crippen molar-refractivity contribution in [2.24, 2.45) is 5.41 Å². The van der Waals surface area contributed by atoms with Gasteiger partial charge in [-0.3, -0.25) is 4.98 Å². The first-order valence-electron chi connectivity index (χ1n) is 6.53. The van der Waals surface area contributed by atoms with Crippen LogP contribution in [0.25, 0.3) is 10.8 Å². The molecule has 0 saturated carbocycles. The Morgan fingerprint density at radius 2 is 1.94 bits per heavy atom. The molecule has 1 unspecified atom stereocenters. The zero-order chi connectivity index (χ0) is 13.2. The molecule has 1 atom stereocenters. The van der Waals surface area contributed by atoms with Gasteiger partial charge in [0.05, 0.1) is 0 Å². The Hall–Kier alpha value is -1.41. The molecule has 0 radical (unpaired) electrons. The Kier molecular flexibility index (Phi) is 3.67. The molecule has 18 heavy (non-hydrogen) atoms. The van der Waals surface area contributed by atoms with Crippen LogP contribution in [0.4, 0.5) is 0 Å². The molecule has 1 aromatic heterocycles. The maximum atomic E-state index is 4.13. The highest BCUT2D eigenvalue weighted by Crippen LogP contribution is 2.19. The summed E-state index contributed by atoms with van der Waals surface area (Å²) in [6.07, 6.45) is 3.75. The van der Waals surface area contributed by atoms with E-state index in [1.54, 1.807) is 0 Å². The quantitative estimate of drug-likeness (QED) is 0.886. The summed E-state index contributed by atoms with van der Waals surface area (Å²) in [6, 6.07) is 9.10.